The van der Waals surface area contributed by atoms with Crippen molar-refractivity contribution in [3.63, 3.8) is 0 Å². The predicted octanol–water partition coefficient (Wildman–Crippen LogP) is 0.396. The Bertz CT molecular complexity index is 174. The zero-order valence-corrected chi connectivity index (χ0v) is 7.17. The Morgan fingerprint density at radius 2 is 2.18 bits per heavy atom. The third kappa shape index (κ3) is 1.98. The average Bonchev–Trinajstić information content (AvgIpc) is 2.00. The standard InChI is InChI=1S/C8H15N3/c1-8-10(2)7-5-4-6-9-11(8)3/h4-5,9H,1,6-7H2,2-3H3/b5-4-. The summed E-state index contributed by atoms with van der Waals surface area (Å²) in [6.45, 7) is 5.75. The Labute approximate surface area is 67.9 Å². The summed E-state index contributed by atoms with van der Waals surface area (Å²) >= 11 is 0. The van der Waals surface area contributed by atoms with E-state index in [1.54, 1.807) is 0 Å². The summed E-state index contributed by atoms with van der Waals surface area (Å²) in [5.41, 5.74) is 3.17. The molecule has 0 atom stereocenters. The lowest BCUT2D eigenvalue weighted by atomic mass is 10.4. The van der Waals surface area contributed by atoms with Crippen LogP contribution in [0.15, 0.2) is 24.6 Å². The molecule has 1 aliphatic heterocycles. The zero-order valence-electron chi connectivity index (χ0n) is 7.17. The van der Waals surface area contributed by atoms with Crippen LogP contribution >= 0.6 is 0 Å². The second-order valence-corrected chi connectivity index (χ2v) is 2.69. The Morgan fingerprint density at radius 3 is 2.91 bits per heavy atom. The molecule has 0 aromatic heterocycles. The van der Waals surface area contributed by atoms with Crippen molar-refractivity contribution in [3.8, 4) is 0 Å². The van der Waals surface area contributed by atoms with E-state index in [0.717, 1.165) is 18.9 Å². The summed E-state index contributed by atoms with van der Waals surface area (Å²) in [4.78, 5) is 2.09. The van der Waals surface area contributed by atoms with Crippen molar-refractivity contribution in [2.75, 3.05) is 27.2 Å². The van der Waals surface area contributed by atoms with Crippen LogP contribution in [0.25, 0.3) is 0 Å². The van der Waals surface area contributed by atoms with Crippen LogP contribution in [0.5, 0.6) is 0 Å². The van der Waals surface area contributed by atoms with E-state index in [1.807, 2.05) is 19.1 Å². The lowest BCUT2D eigenvalue weighted by Gasteiger charge is -2.30. The highest BCUT2D eigenvalue weighted by Gasteiger charge is 2.06. The fourth-order valence-electron chi connectivity index (χ4n) is 0.958. The van der Waals surface area contributed by atoms with Crippen LogP contribution in [0.1, 0.15) is 0 Å². The monoisotopic (exact) mass is 153 g/mol. The summed E-state index contributed by atoms with van der Waals surface area (Å²) in [6.07, 6.45) is 4.24. The molecule has 0 amide bonds. The van der Waals surface area contributed by atoms with Crippen LogP contribution in [0.3, 0.4) is 0 Å². The Kier molecular flexibility index (Phi) is 2.54. The number of nitrogens with one attached hydrogen (secondary N) is 1. The lowest BCUT2D eigenvalue weighted by molar-refractivity contribution is 0.222. The molecule has 0 radical (unpaired) electrons. The molecule has 0 saturated heterocycles. The van der Waals surface area contributed by atoms with Crippen molar-refractivity contribution in [2.24, 2.45) is 0 Å². The SMILES string of the molecule is C=C1N(C)C/C=C\CNN1C. The van der Waals surface area contributed by atoms with E-state index in [2.05, 4.69) is 29.1 Å². The normalized spacial score (nSPS) is 22.9. The first-order valence-electron chi connectivity index (χ1n) is 3.74. The minimum atomic E-state index is 0.878. The summed E-state index contributed by atoms with van der Waals surface area (Å²) in [6, 6.07) is 0. The number of rotatable bonds is 0. The Morgan fingerprint density at radius 1 is 1.45 bits per heavy atom. The molecule has 1 aliphatic rings. The minimum Gasteiger partial charge on any atom is -0.357 e. The van der Waals surface area contributed by atoms with Crippen molar-refractivity contribution in [1.82, 2.24) is 15.3 Å². The number of hydrogen-bond donors (Lipinski definition) is 1. The van der Waals surface area contributed by atoms with Gasteiger partial charge in [0.15, 0.2) is 0 Å². The predicted molar refractivity (Wildman–Crippen MR) is 46.7 cm³/mol. The highest BCUT2D eigenvalue weighted by atomic mass is 15.5. The molecule has 0 spiro atoms. The van der Waals surface area contributed by atoms with Gasteiger partial charge in [0.2, 0.25) is 0 Å². The highest BCUT2D eigenvalue weighted by Crippen LogP contribution is 2.02. The summed E-state index contributed by atoms with van der Waals surface area (Å²) in [7, 11) is 3.99. The lowest BCUT2D eigenvalue weighted by Crippen LogP contribution is -2.40. The molecule has 1 N–H and O–H groups in total. The quantitative estimate of drug-likeness (QED) is 0.508. The molecule has 0 aromatic carbocycles. The maximum Gasteiger partial charge on any atom is 0.111 e. The van der Waals surface area contributed by atoms with E-state index in [-0.39, 0.29) is 0 Å². The largest absolute Gasteiger partial charge is 0.357 e. The molecule has 1 heterocycles. The molecule has 0 unspecified atom stereocenters. The summed E-state index contributed by atoms with van der Waals surface area (Å²) < 4.78 is 0. The molecule has 0 bridgehead atoms. The summed E-state index contributed by atoms with van der Waals surface area (Å²) in [5.74, 6) is 0.995. The second-order valence-electron chi connectivity index (χ2n) is 2.69. The third-order valence-electron chi connectivity index (χ3n) is 1.82. The van der Waals surface area contributed by atoms with Gasteiger partial charge in [-0.05, 0) is 0 Å². The molecular weight excluding hydrogens is 138 g/mol. The van der Waals surface area contributed by atoms with Gasteiger partial charge in [-0.25, -0.2) is 5.43 Å². The van der Waals surface area contributed by atoms with Crippen molar-refractivity contribution in [3.05, 3.63) is 24.6 Å². The average molecular weight is 153 g/mol. The fourth-order valence-corrected chi connectivity index (χ4v) is 0.958. The fraction of sp³-hybridized carbons (Fsp3) is 0.500. The highest BCUT2D eigenvalue weighted by molar-refractivity contribution is 4.97. The smallest absolute Gasteiger partial charge is 0.111 e. The first kappa shape index (κ1) is 8.14. The first-order chi connectivity index (χ1) is 5.22. The number of hydrogen-bond acceptors (Lipinski definition) is 3. The van der Waals surface area contributed by atoms with Crippen molar-refractivity contribution >= 4 is 0 Å². The summed E-state index contributed by atoms with van der Waals surface area (Å²) in [5, 5.41) is 1.93. The first-order valence-corrected chi connectivity index (χ1v) is 3.74. The van der Waals surface area contributed by atoms with Gasteiger partial charge < -0.3 is 4.90 Å². The number of nitrogens with zero attached hydrogens (tertiary/aromatic N) is 2. The second kappa shape index (κ2) is 3.44. The maximum atomic E-state index is 3.93. The topological polar surface area (TPSA) is 18.5 Å². The van der Waals surface area contributed by atoms with Gasteiger partial charge in [-0.1, -0.05) is 18.7 Å². The number of hydrazine groups is 1. The van der Waals surface area contributed by atoms with E-state index in [0.29, 0.717) is 0 Å². The van der Waals surface area contributed by atoms with Gasteiger partial charge in [0.05, 0.1) is 0 Å². The molecule has 1 rings (SSSR count). The van der Waals surface area contributed by atoms with Crippen LogP contribution in [0.4, 0.5) is 0 Å². The molecule has 0 fully saturated rings. The van der Waals surface area contributed by atoms with Crippen LogP contribution in [0.2, 0.25) is 0 Å². The molecule has 3 heteroatoms. The van der Waals surface area contributed by atoms with Crippen LogP contribution in [-0.4, -0.2) is 37.1 Å². The van der Waals surface area contributed by atoms with Gasteiger partial charge in [-0.3, -0.25) is 5.01 Å². The van der Waals surface area contributed by atoms with E-state index < -0.39 is 0 Å². The van der Waals surface area contributed by atoms with Gasteiger partial charge in [0.25, 0.3) is 0 Å². The van der Waals surface area contributed by atoms with E-state index in [4.69, 9.17) is 0 Å². The molecule has 0 aromatic rings. The molecule has 62 valence electrons. The Balaban J connectivity index is 2.62. The van der Waals surface area contributed by atoms with Gasteiger partial charge in [0.1, 0.15) is 5.82 Å². The Hall–Kier alpha value is -0.960. The third-order valence-corrected chi connectivity index (χ3v) is 1.82. The van der Waals surface area contributed by atoms with E-state index in [1.165, 1.54) is 0 Å². The van der Waals surface area contributed by atoms with Gasteiger partial charge in [-0.2, -0.15) is 0 Å². The van der Waals surface area contributed by atoms with Gasteiger partial charge >= 0.3 is 0 Å². The van der Waals surface area contributed by atoms with Crippen molar-refractivity contribution in [1.29, 1.82) is 0 Å². The van der Waals surface area contributed by atoms with Crippen LogP contribution in [-0.2, 0) is 0 Å². The minimum absolute atomic E-state index is 0.878. The van der Waals surface area contributed by atoms with E-state index in [9.17, 15) is 0 Å². The van der Waals surface area contributed by atoms with Crippen molar-refractivity contribution < 1.29 is 0 Å². The van der Waals surface area contributed by atoms with Crippen LogP contribution in [0, 0.1) is 0 Å². The van der Waals surface area contributed by atoms with Crippen LogP contribution < -0.4 is 5.43 Å². The van der Waals surface area contributed by atoms with Gasteiger partial charge in [0, 0.05) is 27.2 Å². The zero-order chi connectivity index (χ0) is 8.27. The molecular formula is C8H15N3. The van der Waals surface area contributed by atoms with Gasteiger partial charge in [-0.15, -0.1) is 0 Å². The molecule has 0 saturated carbocycles. The van der Waals surface area contributed by atoms with E-state index >= 15 is 0 Å². The molecule has 3 nitrogen and oxygen atoms in total. The molecule has 0 aliphatic carbocycles. The molecule has 11 heavy (non-hydrogen) atoms. The number of likely N-dealkylation sites (N-methyl/N-ethyl adjacent to an activating group) is 1. The van der Waals surface area contributed by atoms with Crippen molar-refractivity contribution in [2.45, 2.75) is 0 Å². The maximum absolute atomic E-state index is 3.93.